The molecule has 0 bridgehead atoms. The highest BCUT2D eigenvalue weighted by molar-refractivity contribution is 5.77. The Balaban J connectivity index is 1.68. The predicted molar refractivity (Wildman–Crippen MR) is 129 cm³/mol. The number of imidazole rings is 1. The number of hydrogen-bond acceptors (Lipinski definition) is 5. The predicted octanol–water partition coefficient (Wildman–Crippen LogP) is 3.05. The molecule has 33 heavy (non-hydrogen) atoms. The first-order chi connectivity index (χ1) is 15.9. The highest BCUT2D eigenvalue weighted by Crippen LogP contribution is 2.33. The van der Waals surface area contributed by atoms with Gasteiger partial charge in [-0.15, -0.1) is 0 Å². The van der Waals surface area contributed by atoms with Crippen molar-refractivity contribution in [3.8, 4) is 5.75 Å². The molecular formula is C25H27N5O3. The van der Waals surface area contributed by atoms with E-state index in [0.717, 1.165) is 29.1 Å². The fraction of sp³-hybridized carbons (Fsp3) is 0.320. The monoisotopic (exact) mass is 445 g/mol. The summed E-state index contributed by atoms with van der Waals surface area (Å²) in [7, 11) is 3.31. The topological polar surface area (TPSA) is 74.3 Å². The van der Waals surface area contributed by atoms with Crippen molar-refractivity contribution in [2.45, 2.75) is 26.9 Å². The molecule has 0 saturated heterocycles. The van der Waals surface area contributed by atoms with Gasteiger partial charge in [-0.25, -0.2) is 4.79 Å². The molecule has 0 unspecified atom stereocenters. The molecule has 0 saturated carbocycles. The average Bonchev–Trinajstić information content (AvgIpc) is 3.21. The summed E-state index contributed by atoms with van der Waals surface area (Å²) >= 11 is 0. The molecule has 5 rings (SSSR count). The zero-order valence-electron chi connectivity index (χ0n) is 19.3. The third-order valence-corrected chi connectivity index (χ3v) is 6.29. The summed E-state index contributed by atoms with van der Waals surface area (Å²) in [6, 6.07) is 15.6. The number of nitrogens with zero attached hydrogens (tertiary/aromatic N) is 5. The molecule has 2 aromatic heterocycles. The molecule has 2 aromatic carbocycles. The van der Waals surface area contributed by atoms with Crippen LogP contribution < -0.4 is 20.9 Å². The van der Waals surface area contributed by atoms with Gasteiger partial charge in [0.25, 0.3) is 5.56 Å². The van der Waals surface area contributed by atoms with Crippen molar-refractivity contribution in [3.05, 3.63) is 80.5 Å². The Morgan fingerprint density at radius 3 is 2.39 bits per heavy atom. The van der Waals surface area contributed by atoms with Gasteiger partial charge >= 0.3 is 5.69 Å². The van der Waals surface area contributed by atoms with Crippen LogP contribution in [0.5, 0.6) is 5.75 Å². The molecule has 0 amide bonds. The minimum Gasteiger partial charge on any atom is -0.497 e. The molecule has 0 aliphatic carbocycles. The number of hydrogen-bond donors (Lipinski definition) is 0. The van der Waals surface area contributed by atoms with Crippen LogP contribution in [0.25, 0.3) is 11.2 Å². The van der Waals surface area contributed by atoms with E-state index in [0.29, 0.717) is 29.6 Å². The van der Waals surface area contributed by atoms with Crippen molar-refractivity contribution in [2.24, 2.45) is 13.0 Å². The van der Waals surface area contributed by atoms with E-state index in [1.807, 2.05) is 60.0 Å². The summed E-state index contributed by atoms with van der Waals surface area (Å²) in [4.78, 5) is 33.6. The van der Waals surface area contributed by atoms with Crippen LogP contribution in [0, 0.1) is 12.8 Å². The first-order valence-corrected chi connectivity index (χ1v) is 11.0. The third kappa shape index (κ3) is 3.51. The van der Waals surface area contributed by atoms with Crippen LogP contribution in [0.3, 0.4) is 0 Å². The van der Waals surface area contributed by atoms with Crippen molar-refractivity contribution in [1.29, 1.82) is 0 Å². The Morgan fingerprint density at radius 2 is 1.73 bits per heavy atom. The van der Waals surface area contributed by atoms with Gasteiger partial charge in [0, 0.05) is 25.8 Å². The van der Waals surface area contributed by atoms with Gasteiger partial charge in [0.2, 0.25) is 5.95 Å². The van der Waals surface area contributed by atoms with E-state index < -0.39 is 0 Å². The van der Waals surface area contributed by atoms with Crippen LogP contribution in [-0.4, -0.2) is 32.3 Å². The van der Waals surface area contributed by atoms with Crippen LogP contribution in [-0.2, 0) is 20.1 Å². The van der Waals surface area contributed by atoms with Crippen LogP contribution in [0.4, 0.5) is 11.6 Å². The average molecular weight is 446 g/mol. The molecule has 0 radical (unpaired) electrons. The fourth-order valence-corrected chi connectivity index (χ4v) is 4.50. The number of anilines is 2. The molecule has 1 aliphatic heterocycles. The van der Waals surface area contributed by atoms with Crippen molar-refractivity contribution in [1.82, 2.24) is 18.7 Å². The van der Waals surface area contributed by atoms with Crippen LogP contribution in [0.1, 0.15) is 18.1 Å². The second-order valence-corrected chi connectivity index (χ2v) is 8.83. The van der Waals surface area contributed by atoms with E-state index in [1.165, 1.54) is 9.13 Å². The third-order valence-electron chi connectivity index (χ3n) is 6.29. The number of aromatic nitrogens is 4. The molecule has 1 atom stereocenters. The molecular weight excluding hydrogens is 418 g/mol. The highest BCUT2D eigenvalue weighted by atomic mass is 16.5. The maximum Gasteiger partial charge on any atom is 0.332 e. The van der Waals surface area contributed by atoms with Gasteiger partial charge in [0.05, 0.1) is 13.7 Å². The van der Waals surface area contributed by atoms with E-state index in [-0.39, 0.29) is 17.8 Å². The zero-order valence-corrected chi connectivity index (χ0v) is 19.3. The zero-order chi connectivity index (χ0) is 23.3. The molecule has 170 valence electrons. The second kappa shape index (κ2) is 7.95. The van der Waals surface area contributed by atoms with Gasteiger partial charge in [-0.1, -0.05) is 36.8 Å². The van der Waals surface area contributed by atoms with Crippen LogP contribution >= 0.6 is 0 Å². The number of rotatable bonds is 4. The van der Waals surface area contributed by atoms with Gasteiger partial charge in [0.1, 0.15) is 5.75 Å². The molecule has 0 spiro atoms. The lowest BCUT2D eigenvalue weighted by molar-refractivity contribution is 0.414. The van der Waals surface area contributed by atoms with Crippen molar-refractivity contribution in [3.63, 3.8) is 0 Å². The largest absolute Gasteiger partial charge is 0.497 e. The molecule has 4 aromatic rings. The Labute approximate surface area is 191 Å². The lowest BCUT2D eigenvalue weighted by Gasteiger charge is -2.33. The standard InChI is InChI=1S/C25H27N5O3/c1-16-5-7-18(8-6-16)15-30-23(31)21-22(27(3)25(30)32)26-24-28(13-17(2)14-29(21)24)19-9-11-20(33-4)12-10-19/h5-12,17H,13-15H2,1-4H3/t17-/m0/s1. The minimum atomic E-state index is -0.368. The van der Waals surface area contributed by atoms with E-state index in [2.05, 4.69) is 11.8 Å². The molecule has 3 heterocycles. The quantitative estimate of drug-likeness (QED) is 0.483. The Hall–Kier alpha value is -3.81. The van der Waals surface area contributed by atoms with Gasteiger partial charge in [-0.3, -0.25) is 13.9 Å². The van der Waals surface area contributed by atoms with E-state index in [9.17, 15) is 9.59 Å². The fourth-order valence-electron chi connectivity index (χ4n) is 4.50. The molecule has 8 nitrogen and oxygen atoms in total. The van der Waals surface area contributed by atoms with Crippen LogP contribution in [0.2, 0.25) is 0 Å². The normalized spacial score (nSPS) is 15.6. The van der Waals surface area contributed by atoms with Crippen molar-refractivity contribution < 1.29 is 4.74 Å². The molecule has 1 aliphatic rings. The van der Waals surface area contributed by atoms with Crippen molar-refractivity contribution in [2.75, 3.05) is 18.6 Å². The molecule has 0 N–H and O–H groups in total. The number of fused-ring (bicyclic) bond motifs is 3. The highest BCUT2D eigenvalue weighted by Gasteiger charge is 2.29. The Morgan fingerprint density at radius 1 is 1.03 bits per heavy atom. The number of aryl methyl sites for hydroxylation is 2. The lowest BCUT2D eigenvalue weighted by Crippen LogP contribution is -2.40. The Bertz CT molecular complexity index is 1450. The number of ether oxygens (including phenoxy) is 1. The lowest BCUT2D eigenvalue weighted by atomic mass is 10.1. The summed E-state index contributed by atoms with van der Waals surface area (Å²) in [6.45, 7) is 5.81. The molecule has 0 fully saturated rings. The number of benzene rings is 2. The minimum absolute atomic E-state index is 0.222. The van der Waals surface area contributed by atoms with Gasteiger partial charge in [-0.05, 0) is 42.7 Å². The van der Waals surface area contributed by atoms with E-state index >= 15 is 0 Å². The smallest absolute Gasteiger partial charge is 0.332 e. The van der Waals surface area contributed by atoms with Gasteiger partial charge < -0.3 is 14.2 Å². The SMILES string of the molecule is COc1ccc(N2C[C@H](C)Cn3c2nc2c3c(=O)n(Cc3ccc(C)cc3)c(=O)n2C)cc1. The summed E-state index contributed by atoms with van der Waals surface area (Å²) in [5.74, 6) is 1.74. The summed E-state index contributed by atoms with van der Waals surface area (Å²) in [5.41, 5.74) is 3.20. The summed E-state index contributed by atoms with van der Waals surface area (Å²) in [5, 5.41) is 0. The first-order valence-electron chi connectivity index (χ1n) is 11.0. The maximum atomic E-state index is 13.6. The summed E-state index contributed by atoms with van der Waals surface area (Å²) in [6.07, 6.45) is 0. The van der Waals surface area contributed by atoms with Crippen LogP contribution in [0.15, 0.2) is 58.1 Å². The van der Waals surface area contributed by atoms with Gasteiger partial charge in [-0.2, -0.15) is 4.98 Å². The second-order valence-electron chi connectivity index (χ2n) is 8.83. The maximum absolute atomic E-state index is 13.6. The van der Waals surface area contributed by atoms with Crippen molar-refractivity contribution >= 4 is 22.8 Å². The molecule has 8 heteroatoms. The first kappa shape index (κ1) is 21.1. The van der Waals surface area contributed by atoms with E-state index in [1.54, 1.807) is 14.2 Å². The van der Waals surface area contributed by atoms with E-state index in [4.69, 9.17) is 9.72 Å². The van der Waals surface area contributed by atoms with Gasteiger partial charge in [0.15, 0.2) is 11.2 Å². The number of methoxy groups -OCH3 is 1. The summed E-state index contributed by atoms with van der Waals surface area (Å²) < 4.78 is 10.0. The Kier molecular flexibility index (Phi) is 5.08.